The van der Waals surface area contributed by atoms with Crippen molar-refractivity contribution in [1.82, 2.24) is 9.80 Å². The zero-order valence-electron chi connectivity index (χ0n) is 9.94. The van der Waals surface area contributed by atoms with Crippen LogP contribution in [0.15, 0.2) is 0 Å². The largest absolute Gasteiger partial charge is 0.394 e. The molecular weight excluding hydrogens is 192 g/mol. The molecule has 0 aromatic carbocycles. The number of aliphatic hydroxyl groups excluding tert-OH is 1. The van der Waals surface area contributed by atoms with Gasteiger partial charge in [-0.25, -0.2) is 0 Å². The van der Waals surface area contributed by atoms with Gasteiger partial charge in [-0.15, -0.1) is 0 Å². The van der Waals surface area contributed by atoms with E-state index in [0.717, 1.165) is 25.9 Å². The van der Waals surface area contributed by atoms with Crippen molar-refractivity contribution in [3.05, 3.63) is 0 Å². The summed E-state index contributed by atoms with van der Waals surface area (Å²) in [6.07, 6.45) is 1.96. The molecule has 0 saturated carbocycles. The minimum atomic E-state index is -0.346. The Morgan fingerprint density at radius 2 is 2.20 bits per heavy atom. The highest BCUT2D eigenvalue weighted by Gasteiger charge is 2.32. The minimum absolute atomic E-state index is 0.0758. The molecule has 1 heterocycles. The van der Waals surface area contributed by atoms with Crippen LogP contribution in [0.1, 0.15) is 26.7 Å². The second-order valence-electron chi connectivity index (χ2n) is 4.35. The Morgan fingerprint density at radius 1 is 1.53 bits per heavy atom. The van der Waals surface area contributed by atoms with Crippen LogP contribution in [0.25, 0.3) is 0 Å². The van der Waals surface area contributed by atoms with Crippen LogP contribution in [0.2, 0.25) is 0 Å². The van der Waals surface area contributed by atoms with E-state index in [1.54, 1.807) is 0 Å². The van der Waals surface area contributed by atoms with Gasteiger partial charge in [-0.2, -0.15) is 0 Å². The maximum absolute atomic E-state index is 12.1. The van der Waals surface area contributed by atoms with Gasteiger partial charge in [0.1, 0.15) is 6.04 Å². The second kappa shape index (κ2) is 5.47. The number of rotatable bonds is 3. The van der Waals surface area contributed by atoms with Crippen LogP contribution in [0.5, 0.6) is 0 Å². The molecule has 1 rings (SSSR count). The number of hydrogen-bond donors (Lipinski definition) is 1. The van der Waals surface area contributed by atoms with Gasteiger partial charge in [-0.3, -0.25) is 9.69 Å². The van der Waals surface area contributed by atoms with E-state index < -0.39 is 0 Å². The minimum Gasteiger partial charge on any atom is -0.394 e. The summed E-state index contributed by atoms with van der Waals surface area (Å²) in [5, 5.41) is 9.24. The average Bonchev–Trinajstić information content (AvgIpc) is 2.31. The van der Waals surface area contributed by atoms with Gasteiger partial charge in [-0.1, -0.05) is 6.92 Å². The lowest BCUT2D eigenvalue weighted by molar-refractivity contribution is -0.137. The third kappa shape index (κ3) is 2.69. The lowest BCUT2D eigenvalue weighted by Crippen LogP contribution is -2.48. The number of carbonyl (C=O) groups is 1. The first-order valence-corrected chi connectivity index (χ1v) is 5.73. The van der Waals surface area contributed by atoms with Crippen LogP contribution < -0.4 is 0 Å². The molecule has 15 heavy (non-hydrogen) atoms. The van der Waals surface area contributed by atoms with Gasteiger partial charge in [0.2, 0.25) is 5.91 Å². The number of carbonyl (C=O) groups excluding carboxylic acids is 1. The molecule has 0 spiro atoms. The summed E-state index contributed by atoms with van der Waals surface area (Å²) in [7, 11) is 1.90. The third-order valence-corrected chi connectivity index (χ3v) is 3.17. The van der Waals surface area contributed by atoms with Gasteiger partial charge in [0.05, 0.1) is 6.61 Å². The van der Waals surface area contributed by atoms with E-state index in [-0.39, 0.29) is 24.6 Å². The van der Waals surface area contributed by atoms with Crippen molar-refractivity contribution in [2.75, 3.05) is 26.7 Å². The Kier molecular flexibility index (Phi) is 4.54. The molecular formula is C11H22N2O2. The Bertz CT molecular complexity index is 221. The molecule has 0 aromatic rings. The van der Waals surface area contributed by atoms with Crippen LogP contribution in [-0.4, -0.2) is 59.6 Å². The van der Waals surface area contributed by atoms with Crippen LogP contribution in [0, 0.1) is 0 Å². The van der Waals surface area contributed by atoms with E-state index in [1.165, 1.54) is 0 Å². The maximum atomic E-state index is 12.1. The zero-order chi connectivity index (χ0) is 11.4. The first-order chi connectivity index (χ1) is 7.11. The molecule has 1 aliphatic heterocycles. The standard InChI is InChI=1S/C11H22N2O2/c1-4-6-13-9(2)5-7-12(3)10(8-14)11(13)15/h9-10,14H,4-8H2,1-3H3. The van der Waals surface area contributed by atoms with Gasteiger partial charge in [0, 0.05) is 19.1 Å². The lowest BCUT2D eigenvalue weighted by Gasteiger charge is -2.29. The summed E-state index contributed by atoms with van der Waals surface area (Å²) in [5.41, 5.74) is 0. The van der Waals surface area contributed by atoms with E-state index in [2.05, 4.69) is 13.8 Å². The SMILES string of the molecule is CCCN1C(=O)C(CO)N(C)CCC1C. The van der Waals surface area contributed by atoms with Crippen LogP contribution in [0.4, 0.5) is 0 Å². The molecule has 1 N–H and O–H groups in total. The predicted molar refractivity (Wildman–Crippen MR) is 59.6 cm³/mol. The number of nitrogens with zero attached hydrogens (tertiary/aromatic N) is 2. The van der Waals surface area contributed by atoms with Crippen molar-refractivity contribution in [2.45, 2.75) is 38.8 Å². The van der Waals surface area contributed by atoms with Gasteiger partial charge >= 0.3 is 0 Å². The molecule has 1 saturated heterocycles. The first kappa shape index (κ1) is 12.5. The molecule has 0 bridgehead atoms. The molecule has 2 atom stereocenters. The third-order valence-electron chi connectivity index (χ3n) is 3.17. The first-order valence-electron chi connectivity index (χ1n) is 5.73. The van der Waals surface area contributed by atoms with Crippen LogP contribution in [-0.2, 0) is 4.79 Å². The lowest BCUT2D eigenvalue weighted by atomic mass is 10.2. The normalized spacial score (nSPS) is 29.3. The fourth-order valence-corrected chi connectivity index (χ4v) is 2.09. The highest BCUT2D eigenvalue weighted by molar-refractivity contribution is 5.82. The fraction of sp³-hybridized carbons (Fsp3) is 0.909. The van der Waals surface area contributed by atoms with E-state index in [0.29, 0.717) is 0 Å². The van der Waals surface area contributed by atoms with E-state index in [4.69, 9.17) is 0 Å². The second-order valence-corrected chi connectivity index (χ2v) is 4.35. The van der Waals surface area contributed by atoms with Crippen LogP contribution >= 0.6 is 0 Å². The number of hydrogen-bond acceptors (Lipinski definition) is 3. The van der Waals surface area contributed by atoms with Gasteiger partial charge in [-0.05, 0) is 26.8 Å². The topological polar surface area (TPSA) is 43.8 Å². The van der Waals surface area contributed by atoms with Crippen molar-refractivity contribution in [2.24, 2.45) is 0 Å². The van der Waals surface area contributed by atoms with Crippen molar-refractivity contribution in [1.29, 1.82) is 0 Å². The van der Waals surface area contributed by atoms with Crippen molar-refractivity contribution in [3.63, 3.8) is 0 Å². The zero-order valence-corrected chi connectivity index (χ0v) is 9.94. The predicted octanol–water partition coefficient (Wildman–Crippen LogP) is 0.310. The average molecular weight is 214 g/mol. The summed E-state index contributed by atoms with van der Waals surface area (Å²) >= 11 is 0. The number of aliphatic hydroxyl groups is 1. The van der Waals surface area contributed by atoms with E-state index >= 15 is 0 Å². The Balaban J connectivity index is 2.80. The van der Waals surface area contributed by atoms with Crippen LogP contribution in [0.3, 0.4) is 0 Å². The summed E-state index contributed by atoms with van der Waals surface area (Å²) < 4.78 is 0. The molecule has 0 aliphatic carbocycles. The molecule has 2 unspecified atom stereocenters. The Hall–Kier alpha value is -0.610. The molecule has 4 nitrogen and oxygen atoms in total. The summed E-state index contributed by atoms with van der Waals surface area (Å²) in [6, 6.07) is -0.0575. The molecule has 0 radical (unpaired) electrons. The maximum Gasteiger partial charge on any atom is 0.242 e. The summed E-state index contributed by atoms with van der Waals surface area (Å²) in [5.74, 6) is 0.0758. The molecule has 1 aliphatic rings. The molecule has 1 amide bonds. The molecule has 1 fully saturated rings. The number of likely N-dealkylation sites (N-methyl/N-ethyl adjacent to an activating group) is 1. The fourth-order valence-electron chi connectivity index (χ4n) is 2.09. The number of amides is 1. The molecule has 88 valence electrons. The highest BCUT2D eigenvalue weighted by Crippen LogP contribution is 2.15. The van der Waals surface area contributed by atoms with Crippen molar-refractivity contribution < 1.29 is 9.90 Å². The van der Waals surface area contributed by atoms with Crippen molar-refractivity contribution in [3.8, 4) is 0 Å². The van der Waals surface area contributed by atoms with Crippen molar-refractivity contribution >= 4 is 5.91 Å². The van der Waals surface area contributed by atoms with E-state index in [9.17, 15) is 9.90 Å². The van der Waals surface area contributed by atoms with Gasteiger partial charge < -0.3 is 10.0 Å². The molecule has 0 aromatic heterocycles. The quantitative estimate of drug-likeness (QED) is 0.735. The van der Waals surface area contributed by atoms with Gasteiger partial charge in [0.25, 0.3) is 0 Å². The smallest absolute Gasteiger partial charge is 0.242 e. The van der Waals surface area contributed by atoms with Gasteiger partial charge in [0.15, 0.2) is 0 Å². The Morgan fingerprint density at radius 3 is 2.73 bits per heavy atom. The monoisotopic (exact) mass is 214 g/mol. The Labute approximate surface area is 91.9 Å². The summed E-state index contributed by atoms with van der Waals surface area (Å²) in [4.78, 5) is 16.0. The summed E-state index contributed by atoms with van der Waals surface area (Å²) in [6.45, 7) is 5.74. The molecule has 4 heteroatoms. The highest BCUT2D eigenvalue weighted by atomic mass is 16.3. The van der Waals surface area contributed by atoms with E-state index in [1.807, 2.05) is 16.8 Å².